The Morgan fingerprint density at radius 3 is 2.59 bits per heavy atom. The van der Waals surface area contributed by atoms with Crippen LogP contribution in [0.4, 0.5) is 4.39 Å². The molecular formula is C16H22ClFN2O2. The minimum Gasteiger partial charge on any atom is -0.338 e. The van der Waals surface area contributed by atoms with Gasteiger partial charge in [-0.05, 0) is 44.2 Å². The lowest BCUT2D eigenvalue weighted by molar-refractivity contribution is -0.131. The summed E-state index contributed by atoms with van der Waals surface area (Å²) in [5.74, 6) is -0.453. The fraction of sp³-hybridized carbons (Fsp3) is 0.500. The minimum absolute atomic E-state index is 0. The van der Waals surface area contributed by atoms with Crippen LogP contribution in [0.5, 0.6) is 0 Å². The zero-order valence-electron chi connectivity index (χ0n) is 12.7. The van der Waals surface area contributed by atoms with Crippen molar-refractivity contribution in [2.75, 3.05) is 20.1 Å². The molecule has 1 amide bonds. The van der Waals surface area contributed by atoms with Gasteiger partial charge in [-0.1, -0.05) is 0 Å². The van der Waals surface area contributed by atoms with Gasteiger partial charge >= 0.3 is 0 Å². The average molecular weight is 329 g/mol. The van der Waals surface area contributed by atoms with Gasteiger partial charge in [0.1, 0.15) is 5.82 Å². The number of likely N-dealkylation sites (tertiary alicyclic amines) is 1. The molecule has 1 aromatic rings. The molecule has 0 aliphatic carbocycles. The number of halogens is 2. The fourth-order valence-electron chi connectivity index (χ4n) is 2.76. The van der Waals surface area contributed by atoms with Crippen LogP contribution in [0.1, 0.15) is 36.0 Å². The largest absolute Gasteiger partial charge is 0.338 e. The van der Waals surface area contributed by atoms with Crippen molar-refractivity contribution in [3.8, 4) is 0 Å². The Kier molecular flexibility index (Phi) is 7.48. The summed E-state index contributed by atoms with van der Waals surface area (Å²) in [6, 6.07) is 5.68. The number of hydrogen-bond donors (Lipinski definition) is 1. The van der Waals surface area contributed by atoms with Crippen molar-refractivity contribution in [3.05, 3.63) is 35.6 Å². The Hall–Kier alpha value is -1.46. The molecule has 1 heterocycles. The molecule has 1 N–H and O–H groups in total. The van der Waals surface area contributed by atoms with Crippen LogP contribution >= 0.6 is 12.4 Å². The van der Waals surface area contributed by atoms with Crippen molar-refractivity contribution in [2.24, 2.45) is 0 Å². The van der Waals surface area contributed by atoms with Crippen LogP contribution in [0.15, 0.2) is 24.3 Å². The molecule has 0 saturated carbocycles. The number of nitrogens with zero attached hydrogens (tertiary/aromatic N) is 1. The lowest BCUT2D eigenvalue weighted by Gasteiger charge is -2.24. The molecule has 1 unspecified atom stereocenters. The third kappa shape index (κ3) is 4.78. The standard InChI is InChI=1S/C16H21FN2O2.ClH/c1-18-11-14-3-2-10-19(14)16(21)9-8-15(20)12-4-6-13(17)7-5-12;/h4-7,14,18H,2-3,8-11H2,1H3;1H. The molecule has 1 aromatic carbocycles. The highest BCUT2D eigenvalue weighted by Gasteiger charge is 2.27. The molecule has 2 rings (SSSR count). The van der Waals surface area contributed by atoms with E-state index < -0.39 is 0 Å². The summed E-state index contributed by atoms with van der Waals surface area (Å²) < 4.78 is 12.8. The number of nitrogens with one attached hydrogen (secondary N) is 1. The van der Waals surface area contributed by atoms with Crippen molar-refractivity contribution in [1.29, 1.82) is 0 Å². The monoisotopic (exact) mass is 328 g/mol. The first-order valence-electron chi connectivity index (χ1n) is 7.34. The van der Waals surface area contributed by atoms with Gasteiger partial charge in [-0.2, -0.15) is 0 Å². The second kappa shape index (κ2) is 8.86. The van der Waals surface area contributed by atoms with E-state index in [1.807, 2.05) is 11.9 Å². The van der Waals surface area contributed by atoms with E-state index in [4.69, 9.17) is 0 Å². The van der Waals surface area contributed by atoms with Crippen LogP contribution in [-0.4, -0.2) is 42.8 Å². The first-order chi connectivity index (χ1) is 10.1. The summed E-state index contributed by atoms with van der Waals surface area (Å²) in [5, 5.41) is 3.09. The summed E-state index contributed by atoms with van der Waals surface area (Å²) in [6.45, 7) is 1.56. The average Bonchev–Trinajstić information content (AvgIpc) is 2.94. The van der Waals surface area contributed by atoms with Crippen LogP contribution in [0.25, 0.3) is 0 Å². The molecule has 1 aliphatic heterocycles. The lowest BCUT2D eigenvalue weighted by Crippen LogP contribution is -2.40. The molecule has 0 aromatic heterocycles. The highest BCUT2D eigenvalue weighted by molar-refractivity contribution is 5.97. The molecule has 6 heteroatoms. The van der Waals surface area contributed by atoms with Crippen molar-refractivity contribution in [2.45, 2.75) is 31.7 Å². The maximum Gasteiger partial charge on any atom is 0.223 e. The minimum atomic E-state index is -0.366. The number of ketones is 1. The van der Waals surface area contributed by atoms with Crippen molar-refractivity contribution in [1.82, 2.24) is 10.2 Å². The third-order valence-electron chi connectivity index (χ3n) is 3.87. The Labute approximate surface area is 136 Å². The zero-order valence-corrected chi connectivity index (χ0v) is 13.5. The van der Waals surface area contributed by atoms with E-state index in [1.54, 1.807) is 0 Å². The Bertz CT molecular complexity index is 507. The van der Waals surface area contributed by atoms with Gasteiger partial charge in [0.15, 0.2) is 5.78 Å². The van der Waals surface area contributed by atoms with E-state index in [0.717, 1.165) is 25.9 Å². The molecule has 22 heavy (non-hydrogen) atoms. The first-order valence-corrected chi connectivity index (χ1v) is 7.34. The normalized spacial score (nSPS) is 17.2. The molecule has 1 atom stereocenters. The fourth-order valence-corrected chi connectivity index (χ4v) is 2.76. The number of benzene rings is 1. The van der Waals surface area contributed by atoms with Gasteiger partial charge in [-0.15, -0.1) is 12.4 Å². The van der Waals surface area contributed by atoms with Crippen LogP contribution < -0.4 is 5.32 Å². The third-order valence-corrected chi connectivity index (χ3v) is 3.87. The predicted octanol–water partition coefficient (Wildman–Crippen LogP) is 2.42. The predicted molar refractivity (Wildman–Crippen MR) is 85.9 cm³/mol. The number of rotatable bonds is 6. The number of Topliss-reactive ketones (excluding diaryl/α,β-unsaturated/α-hetero) is 1. The van der Waals surface area contributed by atoms with Gasteiger partial charge in [0, 0.05) is 37.5 Å². The summed E-state index contributed by atoms with van der Waals surface area (Å²) in [5.41, 5.74) is 0.456. The number of likely N-dealkylation sites (N-methyl/N-ethyl adjacent to an activating group) is 1. The molecule has 1 aliphatic rings. The van der Waals surface area contributed by atoms with Crippen LogP contribution in [0.3, 0.4) is 0 Å². The highest BCUT2D eigenvalue weighted by Crippen LogP contribution is 2.18. The topological polar surface area (TPSA) is 49.4 Å². The zero-order chi connectivity index (χ0) is 15.2. The van der Waals surface area contributed by atoms with Gasteiger partial charge in [0.2, 0.25) is 5.91 Å². The van der Waals surface area contributed by atoms with Gasteiger partial charge < -0.3 is 10.2 Å². The molecule has 122 valence electrons. The second-order valence-electron chi connectivity index (χ2n) is 5.37. The summed E-state index contributed by atoms with van der Waals surface area (Å²) >= 11 is 0. The van der Waals surface area contributed by atoms with Crippen molar-refractivity contribution in [3.63, 3.8) is 0 Å². The Balaban J connectivity index is 0.00000242. The molecule has 0 spiro atoms. The Morgan fingerprint density at radius 2 is 1.95 bits per heavy atom. The second-order valence-corrected chi connectivity index (χ2v) is 5.37. The van der Waals surface area contributed by atoms with Crippen LogP contribution in [-0.2, 0) is 4.79 Å². The first kappa shape index (κ1) is 18.6. The van der Waals surface area contributed by atoms with Gasteiger partial charge in [-0.25, -0.2) is 4.39 Å². The van der Waals surface area contributed by atoms with E-state index >= 15 is 0 Å². The maximum absolute atomic E-state index is 12.8. The van der Waals surface area contributed by atoms with Gasteiger partial charge in [0.25, 0.3) is 0 Å². The van der Waals surface area contributed by atoms with Crippen molar-refractivity contribution < 1.29 is 14.0 Å². The molecule has 4 nitrogen and oxygen atoms in total. The summed E-state index contributed by atoms with van der Waals surface area (Å²) in [4.78, 5) is 26.1. The number of carbonyl (C=O) groups is 2. The smallest absolute Gasteiger partial charge is 0.223 e. The summed E-state index contributed by atoms with van der Waals surface area (Å²) in [6.07, 6.45) is 2.42. The van der Waals surface area contributed by atoms with E-state index in [9.17, 15) is 14.0 Å². The number of hydrogen-bond acceptors (Lipinski definition) is 3. The van der Waals surface area contributed by atoms with E-state index in [-0.39, 0.29) is 48.8 Å². The lowest BCUT2D eigenvalue weighted by atomic mass is 10.1. The van der Waals surface area contributed by atoms with Crippen LogP contribution in [0.2, 0.25) is 0 Å². The Morgan fingerprint density at radius 1 is 1.27 bits per heavy atom. The van der Waals surface area contributed by atoms with Crippen molar-refractivity contribution >= 4 is 24.1 Å². The SMILES string of the molecule is CNCC1CCCN1C(=O)CCC(=O)c1ccc(F)cc1.Cl. The quantitative estimate of drug-likeness (QED) is 0.816. The summed E-state index contributed by atoms with van der Waals surface area (Å²) in [7, 11) is 1.87. The highest BCUT2D eigenvalue weighted by atomic mass is 35.5. The molecule has 0 radical (unpaired) electrons. The van der Waals surface area contributed by atoms with Crippen LogP contribution in [0, 0.1) is 5.82 Å². The number of amides is 1. The van der Waals surface area contributed by atoms with Gasteiger partial charge in [0.05, 0.1) is 0 Å². The maximum atomic E-state index is 12.8. The number of carbonyl (C=O) groups excluding carboxylic acids is 2. The molecule has 0 bridgehead atoms. The molecular weight excluding hydrogens is 307 g/mol. The van der Waals surface area contributed by atoms with E-state index in [0.29, 0.717) is 5.56 Å². The molecule has 1 fully saturated rings. The molecule has 1 saturated heterocycles. The van der Waals surface area contributed by atoms with E-state index in [2.05, 4.69) is 5.32 Å². The van der Waals surface area contributed by atoms with Gasteiger partial charge in [-0.3, -0.25) is 9.59 Å². The van der Waals surface area contributed by atoms with E-state index in [1.165, 1.54) is 24.3 Å².